The number of ether oxygens (including phenoxy) is 2. The van der Waals surface area contributed by atoms with Crippen LogP contribution in [0.1, 0.15) is 37.3 Å². The Morgan fingerprint density at radius 1 is 1.00 bits per heavy atom. The molecule has 0 radical (unpaired) electrons. The lowest BCUT2D eigenvalue weighted by molar-refractivity contribution is 0.183. The van der Waals surface area contributed by atoms with E-state index in [2.05, 4.69) is 45.3 Å². The van der Waals surface area contributed by atoms with E-state index in [1.165, 1.54) is 49.1 Å². The summed E-state index contributed by atoms with van der Waals surface area (Å²) in [6.45, 7) is 6.18. The Hall–Kier alpha value is -3.38. The van der Waals surface area contributed by atoms with Crippen LogP contribution in [0.3, 0.4) is 0 Å². The van der Waals surface area contributed by atoms with Gasteiger partial charge in [0.25, 0.3) is 0 Å². The molecule has 1 saturated heterocycles. The summed E-state index contributed by atoms with van der Waals surface area (Å²) in [5.74, 6) is 2.59. The van der Waals surface area contributed by atoms with Crippen molar-refractivity contribution >= 4 is 17.7 Å². The molecule has 5 rings (SSSR count). The van der Waals surface area contributed by atoms with Crippen LogP contribution in [0.5, 0.6) is 17.4 Å². The van der Waals surface area contributed by atoms with Gasteiger partial charge in [0.15, 0.2) is 0 Å². The number of aromatic nitrogens is 2. The molecule has 1 aliphatic heterocycles. The highest BCUT2D eigenvalue weighted by Gasteiger charge is 2.12. The van der Waals surface area contributed by atoms with Crippen LogP contribution in [0, 0.1) is 0 Å². The van der Waals surface area contributed by atoms with Crippen molar-refractivity contribution in [1.29, 1.82) is 0 Å². The normalized spacial score (nSPS) is 15.6. The number of fused-ring (bicyclic) bond motifs is 1. The van der Waals surface area contributed by atoms with Crippen molar-refractivity contribution in [1.82, 2.24) is 14.9 Å². The van der Waals surface area contributed by atoms with Crippen LogP contribution in [0.4, 0.5) is 11.6 Å². The topological polar surface area (TPSA) is 59.5 Å². The summed E-state index contributed by atoms with van der Waals surface area (Å²) in [4.78, 5) is 11.3. The maximum Gasteiger partial charge on any atom is 0.230 e. The zero-order chi connectivity index (χ0) is 22.5. The van der Waals surface area contributed by atoms with Crippen LogP contribution in [0.15, 0.2) is 60.3 Å². The molecular weight excluding hydrogens is 412 g/mol. The van der Waals surface area contributed by atoms with Gasteiger partial charge in [-0.3, -0.25) is 4.90 Å². The van der Waals surface area contributed by atoms with Gasteiger partial charge in [-0.2, -0.15) is 4.98 Å². The predicted octanol–water partition coefficient (Wildman–Crippen LogP) is 5.84. The van der Waals surface area contributed by atoms with Crippen molar-refractivity contribution in [2.45, 2.75) is 32.6 Å². The summed E-state index contributed by atoms with van der Waals surface area (Å²) in [5.41, 5.74) is 4.80. The van der Waals surface area contributed by atoms with Gasteiger partial charge < -0.3 is 14.8 Å². The van der Waals surface area contributed by atoms with E-state index in [1.54, 1.807) is 12.3 Å². The van der Waals surface area contributed by atoms with E-state index in [0.29, 0.717) is 18.4 Å². The van der Waals surface area contributed by atoms with Crippen LogP contribution in [-0.4, -0.2) is 41.1 Å². The van der Waals surface area contributed by atoms with Crippen LogP contribution >= 0.6 is 0 Å². The molecule has 1 fully saturated rings. The molecule has 33 heavy (non-hydrogen) atoms. The average molecular weight is 443 g/mol. The Balaban J connectivity index is 1.19. The fourth-order valence-electron chi connectivity index (χ4n) is 4.40. The van der Waals surface area contributed by atoms with E-state index < -0.39 is 0 Å². The molecule has 3 aromatic rings. The number of rotatable bonds is 8. The third-order valence-corrected chi connectivity index (χ3v) is 6.06. The first kappa shape index (κ1) is 21.5. The number of allylic oxidation sites excluding steroid dienone is 1. The van der Waals surface area contributed by atoms with Gasteiger partial charge in [0.05, 0.1) is 0 Å². The van der Waals surface area contributed by atoms with E-state index in [0.717, 1.165) is 30.2 Å². The van der Waals surface area contributed by atoms with Crippen molar-refractivity contribution in [3.05, 3.63) is 71.4 Å². The fraction of sp³-hybridized carbons (Fsp3) is 0.333. The number of hydrogen-bond donors (Lipinski definition) is 1. The van der Waals surface area contributed by atoms with Crippen molar-refractivity contribution in [2.24, 2.45) is 0 Å². The van der Waals surface area contributed by atoms with Crippen LogP contribution < -0.4 is 14.8 Å². The minimum absolute atomic E-state index is 0.481. The quantitative estimate of drug-likeness (QED) is 0.473. The Labute approximate surface area is 195 Å². The van der Waals surface area contributed by atoms with E-state index in [9.17, 15) is 0 Å². The molecule has 1 N–H and O–H groups in total. The largest absolute Gasteiger partial charge is 0.492 e. The minimum atomic E-state index is 0.481. The number of hydrogen-bond acceptors (Lipinski definition) is 6. The van der Waals surface area contributed by atoms with Gasteiger partial charge in [-0.05, 0) is 74.7 Å². The molecule has 0 spiro atoms. The molecule has 0 saturated carbocycles. The highest BCUT2D eigenvalue weighted by Crippen LogP contribution is 2.30. The van der Waals surface area contributed by atoms with Gasteiger partial charge in [-0.1, -0.05) is 30.2 Å². The van der Waals surface area contributed by atoms with Crippen molar-refractivity contribution in [3.8, 4) is 17.4 Å². The van der Waals surface area contributed by atoms with Gasteiger partial charge in [-0.15, -0.1) is 0 Å². The number of nitrogens with one attached hydrogen (secondary N) is 1. The van der Waals surface area contributed by atoms with Crippen LogP contribution in [0.2, 0.25) is 0 Å². The second kappa shape index (κ2) is 10.0. The predicted molar refractivity (Wildman–Crippen MR) is 131 cm³/mol. The zero-order valence-corrected chi connectivity index (χ0v) is 19.1. The second-order valence-corrected chi connectivity index (χ2v) is 8.75. The Kier molecular flexibility index (Phi) is 6.53. The number of likely N-dealkylation sites (tertiary alicyclic amines) is 1. The maximum absolute atomic E-state index is 6.00. The third-order valence-electron chi connectivity index (χ3n) is 6.06. The number of piperidine rings is 1. The van der Waals surface area contributed by atoms with E-state index in [-0.39, 0.29) is 0 Å². The molecule has 0 unspecified atom stereocenters. The Morgan fingerprint density at radius 3 is 2.82 bits per heavy atom. The van der Waals surface area contributed by atoms with Gasteiger partial charge >= 0.3 is 0 Å². The summed E-state index contributed by atoms with van der Waals surface area (Å²) in [6.07, 6.45) is 8.86. The lowest BCUT2D eigenvalue weighted by atomic mass is 10.1. The molecule has 1 aromatic heterocycles. The molecule has 6 nitrogen and oxygen atoms in total. The lowest BCUT2D eigenvalue weighted by Gasteiger charge is -2.26. The molecule has 2 aliphatic rings. The zero-order valence-electron chi connectivity index (χ0n) is 19.1. The lowest BCUT2D eigenvalue weighted by Crippen LogP contribution is -2.33. The summed E-state index contributed by atoms with van der Waals surface area (Å²) in [5, 5.41) is 3.26. The SMILES string of the molecule is CC1=Cc2cc(Oc3ccnc(Nc4cccc(OCCN5CCCCC5)c4)n3)ccc2C1. The summed E-state index contributed by atoms with van der Waals surface area (Å²) in [7, 11) is 0. The average Bonchev–Trinajstić information content (AvgIpc) is 3.20. The number of benzene rings is 2. The van der Waals surface area contributed by atoms with Gasteiger partial charge in [-0.25, -0.2) is 4.98 Å². The van der Waals surface area contributed by atoms with E-state index >= 15 is 0 Å². The van der Waals surface area contributed by atoms with Gasteiger partial charge in [0.2, 0.25) is 11.8 Å². The Bertz CT molecular complexity index is 1140. The molecule has 0 atom stereocenters. The van der Waals surface area contributed by atoms with Crippen LogP contribution in [0.25, 0.3) is 6.08 Å². The number of anilines is 2. The van der Waals surface area contributed by atoms with Crippen LogP contribution in [-0.2, 0) is 6.42 Å². The van der Waals surface area contributed by atoms with Crippen molar-refractivity contribution in [3.63, 3.8) is 0 Å². The van der Waals surface area contributed by atoms with Gasteiger partial charge in [0, 0.05) is 30.6 Å². The highest BCUT2D eigenvalue weighted by molar-refractivity contribution is 5.65. The maximum atomic E-state index is 6.00. The smallest absolute Gasteiger partial charge is 0.230 e. The first-order valence-electron chi connectivity index (χ1n) is 11.7. The van der Waals surface area contributed by atoms with Crippen molar-refractivity contribution < 1.29 is 9.47 Å². The first-order valence-corrected chi connectivity index (χ1v) is 11.7. The summed E-state index contributed by atoms with van der Waals surface area (Å²) < 4.78 is 12.0. The van der Waals surface area contributed by atoms with E-state index in [4.69, 9.17) is 9.47 Å². The molecule has 6 heteroatoms. The molecular formula is C27H30N4O2. The summed E-state index contributed by atoms with van der Waals surface area (Å²) >= 11 is 0. The highest BCUT2D eigenvalue weighted by atomic mass is 16.5. The molecule has 2 heterocycles. The molecule has 1 aliphatic carbocycles. The fourth-order valence-corrected chi connectivity index (χ4v) is 4.40. The first-order chi connectivity index (χ1) is 16.2. The minimum Gasteiger partial charge on any atom is -0.492 e. The molecule has 2 aromatic carbocycles. The Morgan fingerprint density at radius 2 is 1.91 bits per heavy atom. The summed E-state index contributed by atoms with van der Waals surface area (Å²) in [6, 6.07) is 15.8. The monoisotopic (exact) mass is 442 g/mol. The second-order valence-electron chi connectivity index (χ2n) is 8.75. The molecule has 170 valence electrons. The standard InChI is InChI=1S/C27H30N4O2/c1-20-16-21-8-9-25(18-22(21)17-20)33-26-10-11-28-27(30-26)29-23-6-5-7-24(19-23)32-15-14-31-12-3-2-4-13-31/h5-11,17-19H,2-4,12-16H2,1H3,(H,28,29,30). The molecule has 0 amide bonds. The van der Waals surface area contributed by atoms with Crippen molar-refractivity contribution in [2.75, 3.05) is 31.6 Å². The van der Waals surface area contributed by atoms with Gasteiger partial charge in [0.1, 0.15) is 18.1 Å². The number of nitrogens with zero attached hydrogens (tertiary/aromatic N) is 3. The van der Waals surface area contributed by atoms with E-state index in [1.807, 2.05) is 30.3 Å². The molecule has 0 bridgehead atoms. The third kappa shape index (κ3) is 5.71.